The predicted octanol–water partition coefficient (Wildman–Crippen LogP) is 3.51. The topological polar surface area (TPSA) is 57.7 Å². The monoisotopic (exact) mass is 408 g/mol. The summed E-state index contributed by atoms with van der Waals surface area (Å²) in [6.07, 6.45) is 0.281. The van der Waals surface area contributed by atoms with Crippen LogP contribution in [-0.2, 0) is 16.4 Å². The van der Waals surface area contributed by atoms with E-state index in [1.807, 2.05) is 0 Å². The number of aryl methyl sites for hydroxylation is 1. The van der Waals surface area contributed by atoms with Gasteiger partial charge in [-0.3, -0.25) is 4.79 Å². The highest BCUT2D eigenvalue weighted by Gasteiger charge is 2.30. The average molecular weight is 408 g/mol. The van der Waals surface area contributed by atoms with Gasteiger partial charge in [-0.2, -0.15) is 4.31 Å². The molecule has 1 aliphatic rings. The van der Waals surface area contributed by atoms with Crippen molar-refractivity contribution < 1.29 is 22.0 Å². The standard InChI is InChI=1S/C20H22F2N2O3S/c1-4-23(5-2)28(26,27)15-7-6-13(3)17(12-15)20(25)24-9-8-16-18(22)10-14(21)11-19(16)24/h6-7,10-12H,4-5,8-9H2,1-3H3. The van der Waals surface area contributed by atoms with Gasteiger partial charge >= 0.3 is 0 Å². The lowest BCUT2D eigenvalue weighted by Crippen LogP contribution is -2.32. The molecule has 1 heterocycles. The van der Waals surface area contributed by atoms with Crippen LogP contribution in [0, 0.1) is 18.6 Å². The van der Waals surface area contributed by atoms with Crippen LogP contribution in [-0.4, -0.2) is 38.3 Å². The van der Waals surface area contributed by atoms with Crippen LogP contribution in [0.25, 0.3) is 0 Å². The van der Waals surface area contributed by atoms with Crippen molar-refractivity contribution in [3.63, 3.8) is 0 Å². The fraction of sp³-hybridized carbons (Fsp3) is 0.350. The maximum absolute atomic E-state index is 14.0. The largest absolute Gasteiger partial charge is 0.308 e. The average Bonchev–Trinajstić information content (AvgIpc) is 3.06. The number of rotatable bonds is 5. The molecular formula is C20H22F2N2O3S. The van der Waals surface area contributed by atoms with Gasteiger partial charge in [-0.05, 0) is 37.1 Å². The van der Waals surface area contributed by atoms with Gasteiger partial charge in [-0.15, -0.1) is 0 Å². The summed E-state index contributed by atoms with van der Waals surface area (Å²) in [6.45, 7) is 6.02. The number of amides is 1. The normalized spacial score (nSPS) is 13.9. The molecule has 0 aliphatic carbocycles. The van der Waals surface area contributed by atoms with E-state index in [4.69, 9.17) is 0 Å². The molecule has 0 saturated carbocycles. The van der Waals surface area contributed by atoms with Gasteiger partial charge in [0.05, 0.1) is 10.6 Å². The van der Waals surface area contributed by atoms with Crippen molar-refractivity contribution in [1.82, 2.24) is 4.31 Å². The van der Waals surface area contributed by atoms with E-state index < -0.39 is 27.6 Å². The van der Waals surface area contributed by atoms with Crippen LogP contribution in [0.15, 0.2) is 35.2 Å². The second kappa shape index (κ2) is 7.60. The van der Waals surface area contributed by atoms with E-state index in [1.165, 1.54) is 21.3 Å². The molecule has 150 valence electrons. The molecule has 0 radical (unpaired) electrons. The molecule has 2 aromatic carbocycles. The first-order valence-corrected chi connectivity index (χ1v) is 10.5. The summed E-state index contributed by atoms with van der Waals surface area (Å²) in [4.78, 5) is 14.4. The Morgan fingerprint density at radius 1 is 1.14 bits per heavy atom. The summed E-state index contributed by atoms with van der Waals surface area (Å²) in [5.74, 6) is -1.91. The molecule has 2 aromatic rings. The Labute approximate surface area is 163 Å². The second-order valence-corrected chi connectivity index (χ2v) is 8.60. The molecule has 0 unspecified atom stereocenters. The van der Waals surface area contributed by atoms with E-state index >= 15 is 0 Å². The van der Waals surface area contributed by atoms with Gasteiger partial charge in [0.1, 0.15) is 11.6 Å². The number of nitrogens with zero attached hydrogens (tertiary/aromatic N) is 2. The van der Waals surface area contributed by atoms with Gasteiger partial charge in [0.2, 0.25) is 10.0 Å². The minimum Gasteiger partial charge on any atom is -0.308 e. The Kier molecular flexibility index (Phi) is 5.54. The van der Waals surface area contributed by atoms with Gasteiger partial charge in [0.25, 0.3) is 5.91 Å². The molecule has 1 amide bonds. The van der Waals surface area contributed by atoms with Gasteiger partial charge < -0.3 is 4.90 Å². The first-order chi connectivity index (χ1) is 13.2. The molecule has 1 aliphatic heterocycles. The van der Waals surface area contributed by atoms with E-state index in [2.05, 4.69) is 0 Å². The zero-order valence-electron chi connectivity index (χ0n) is 16.0. The fourth-order valence-electron chi connectivity index (χ4n) is 3.48. The van der Waals surface area contributed by atoms with Crippen LogP contribution in [0.3, 0.4) is 0 Å². The zero-order chi connectivity index (χ0) is 20.6. The first-order valence-electron chi connectivity index (χ1n) is 9.11. The van der Waals surface area contributed by atoms with Crippen LogP contribution < -0.4 is 4.90 Å². The van der Waals surface area contributed by atoms with E-state index in [0.29, 0.717) is 24.2 Å². The summed E-state index contributed by atoms with van der Waals surface area (Å²) in [5.41, 5.74) is 1.28. The van der Waals surface area contributed by atoms with E-state index in [-0.39, 0.29) is 29.1 Å². The van der Waals surface area contributed by atoms with Crippen LogP contribution in [0.4, 0.5) is 14.5 Å². The molecule has 0 bridgehead atoms. The summed E-state index contributed by atoms with van der Waals surface area (Å²) >= 11 is 0. The molecule has 0 fully saturated rings. The third-order valence-electron chi connectivity index (χ3n) is 5.04. The Morgan fingerprint density at radius 3 is 2.46 bits per heavy atom. The van der Waals surface area contributed by atoms with Crippen molar-refractivity contribution in [3.05, 3.63) is 58.7 Å². The molecule has 0 N–H and O–H groups in total. The highest BCUT2D eigenvalue weighted by Crippen LogP contribution is 2.33. The van der Waals surface area contributed by atoms with Crippen molar-refractivity contribution in [2.24, 2.45) is 0 Å². The van der Waals surface area contributed by atoms with Crippen molar-refractivity contribution in [2.45, 2.75) is 32.1 Å². The van der Waals surface area contributed by atoms with E-state index in [0.717, 1.165) is 12.1 Å². The highest BCUT2D eigenvalue weighted by molar-refractivity contribution is 7.89. The van der Waals surface area contributed by atoms with Crippen molar-refractivity contribution in [2.75, 3.05) is 24.5 Å². The number of hydrogen-bond acceptors (Lipinski definition) is 3. The smallest absolute Gasteiger partial charge is 0.258 e. The Hall–Kier alpha value is -2.32. The fourth-order valence-corrected chi connectivity index (χ4v) is 4.97. The summed E-state index contributed by atoms with van der Waals surface area (Å²) in [7, 11) is -3.73. The minimum atomic E-state index is -3.73. The predicted molar refractivity (Wildman–Crippen MR) is 103 cm³/mol. The number of fused-ring (bicyclic) bond motifs is 1. The molecule has 28 heavy (non-hydrogen) atoms. The first kappa shape index (κ1) is 20.4. The molecule has 0 spiro atoms. The van der Waals surface area contributed by atoms with E-state index in [9.17, 15) is 22.0 Å². The molecule has 0 aromatic heterocycles. The zero-order valence-corrected chi connectivity index (χ0v) is 16.8. The SMILES string of the molecule is CCN(CC)S(=O)(=O)c1ccc(C)c(C(=O)N2CCc3c(F)cc(F)cc32)c1. The third kappa shape index (κ3) is 3.42. The summed E-state index contributed by atoms with van der Waals surface area (Å²) < 4.78 is 54.6. The van der Waals surface area contributed by atoms with Gasteiger partial charge in [-0.1, -0.05) is 19.9 Å². The Balaban J connectivity index is 2.04. The summed E-state index contributed by atoms with van der Waals surface area (Å²) in [5, 5.41) is 0. The lowest BCUT2D eigenvalue weighted by molar-refractivity contribution is 0.0988. The van der Waals surface area contributed by atoms with Gasteiger partial charge in [0, 0.05) is 36.8 Å². The number of halogens is 2. The van der Waals surface area contributed by atoms with Crippen molar-refractivity contribution in [3.8, 4) is 0 Å². The third-order valence-corrected chi connectivity index (χ3v) is 7.09. The molecule has 0 atom stereocenters. The van der Waals surface area contributed by atoms with Crippen LogP contribution in [0.5, 0.6) is 0 Å². The van der Waals surface area contributed by atoms with Crippen molar-refractivity contribution in [1.29, 1.82) is 0 Å². The molecule has 0 saturated heterocycles. The van der Waals surface area contributed by atoms with Gasteiger partial charge in [0.15, 0.2) is 0 Å². The number of carbonyl (C=O) groups excluding carboxylic acids is 1. The quantitative estimate of drug-likeness (QED) is 0.761. The number of anilines is 1. The second-order valence-electron chi connectivity index (χ2n) is 6.66. The number of hydrogen-bond donors (Lipinski definition) is 0. The molecule has 8 heteroatoms. The van der Waals surface area contributed by atoms with Crippen LogP contribution in [0.2, 0.25) is 0 Å². The lowest BCUT2D eigenvalue weighted by atomic mass is 10.1. The number of sulfonamides is 1. The molecule has 3 rings (SSSR count). The number of benzene rings is 2. The van der Waals surface area contributed by atoms with Crippen LogP contribution in [0.1, 0.15) is 35.3 Å². The minimum absolute atomic E-state index is 0.0231. The number of carbonyl (C=O) groups is 1. The maximum Gasteiger partial charge on any atom is 0.258 e. The Morgan fingerprint density at radius 2 is 1.82 bits per heavy atom. The van der Waals surface area contributed by atoms with E-state index in [1.54, 1.807) is 26.8 Å². The molecular weight excluding hydrogens is 386 g/mol. The van der Waals surface area contributed by atoms with Gasteiger partial charge in [-0.25, -0.2) is 17.2 Å². The highest BCUT2D eigenvalue weighted by atomic mass is 32.2. The van der Waals surface area contributed by atoms with Crippen LogP contribution >= 0.6 is 0 Å². The maximum atomic E-state index is 14.0. The lowest BCUT2D eigenvalue weighted by Gasteiger charge is -2.21. The van der Waals surface area contributed by atoms with Crippen molar-refractivity contribution >= 4 is 21.6 Å². The Bertz CT molecular complexity index is 1030. The summed E-state index contributed by atoms with van der Waals surface area (Å²) in [6, 6.07) is 6.33. The molecule has 5 nitrogen and oxygen atoms in total.